The third kappa shape index (κ3) is 4.14. The molecule has 2 fully saturated rings. The lowest BCUT2D eigenvalue weighted by atomic mass is 10.1. The molecule has 20 heavy (non-hydrogen) atoms. The molecular weight excluding hydrogens is 302 g/mol. The van der Waals surface area contributed by atoms with Crippen LogP contribution in [0.1, 0.15) is 26.2 Å². The summed E-state index contributed by atoms with van der Waals surface area (Å²) in [7, 11) is -6.73. The van der Waals surface area contributed by atoms with Crippen molar-refractivity contribution < 1.29 is 16.8 Å². The van der Waals surface area contributed by atoms with Gasteiger partial charge in [-0.3, -0.25) is 0 Å². The third-order valence-electron chi connectivity index (χ3n) is 3.94. The second kappa shape index (κ2) is 6.27. The van der Waals surface area contributed by atoms with Gasteiger partial charge < -0.3 is 5.32 Å². The maximum atomic E-state index is 12.3. The number of nitrogens with zero attached hydrogens (tertiary/aromatic N) is 1. The predicted molar refractivity (Wildman–Crippen MR) is 77.4 cm³/mol. The van der Waals surface area contributed by atoms with E-state index in [1.807, 2.05) is 0 Å². The highest BCUT2D eigenvalue weighted by molar-refractivity contribution is 7.90. The Bertz CT molecular complexity index is 532. The van der Waals surface area contributed by atoms with Crippen LogP contribution in [0.5, 0.6) is 0 Å². The minimum absolute atomic E-state index is 0.0373. The largest absolute Gasteiger partial charge is 0.310 e. The van der Waals surface area contributed by atoms with Gasteiger partial charge in [0.25, 0.3) is 0 Å². The number of hydrogen-bond donors (Lipinski definition) is 2. The van der Waals surface area contributed by atoms with Gasteiger partial charge in [0.2, 0.25) is 20.0 Å². The Morgan fingerprint density at radius 1 is 1.15 bits per heavy atom. The smallest absolute Gasteiger partial charge is 0.215 e. The van der Waals surface area contributed by atoms with Gasteiger partial charge in [0, 0.05) is 31.7 Å². The predicted octanol–water partition coefficient (Wildman–Crippen LogP) is -0.918. The summed E-state index contributed by atoms with van der Waals surface area (Å²) in [5.41, 5.74) is 0. The maximum Gasteiger partial charge on any atom is 0.215 e. The second-order valence-electron chi connectivity index (χ2n) is 5.40. The van der Waals surface area contributed by atoms with E-state index < -0.39 is 20.0 Å². The fourth-order valence-electron chi connectivity index (χ4n) is 2.72. The van der Waals surface area contributed by atoms with Crippen molar-refractivity contribution >= 4 is 20.0 Å². The first-order valence-corrected chi connectivity index (χ1v) is 10.3. The number of fused-ring (bicyclic) bond motifs is 2. The zero-order chi connectivity index (χ0) is 14.8. The van der Waals surface area contributed by atoms with E-state index in [2.05, 4.69) is 10.0 Å². The van der Waals surface area contributed by atoms with Crippen molar-refractivity contribution in [2.75, 3.05) is 31.1 Å². The molecule has 2 heterocycles. The van der Waals surface area contributed by atoms with Crippen LogP contribution in [0, 0.1) is 0 Å². The first kappa shape index (κ1) is 16.2. The van der Waals surface area contributed by atoms with Crippen molar-refractivity contribution in [2.45, 2.75) is 38.3 Å². The molecule has 2 bridgehead atoms. The molecule has 0 aromatic carbocycles. The molecule has 0 aliphatic carbocycles. The molecule has 0 saturated carbocycles. The summed E-state index contributed by atoms with van der Waals surface area (Å²) in [5.74, 6) is -0.214. The average Bonchev–Trinajstić information content (AvgIpc) is 2.67. The molecule has 2 rings (SSSR count). The van der Waals surface area contributed by atoms with Crippen LogP contribution in [0.25, 0.3) is 0 Å². The topological polar surface area (TPSA) is 95.6 Å². The van der Waals surface area contributed by atoms with E-state index in [1.165, 1.54) is 11.2 Å². The van der Waals surface area contributed by atoms with Gasteiger partial charge in [-0.05, 0) is 26.2 Å². The lowest BCUT2D eigenvalue weighted by Gasteiger charge is -2.23. The highest BCUT2D eigenvalue weighted by atomic mass is 32.2. The van der Waals surface area contributed by atoms with Gasteiger partial charge in [-0.25, -0.2) is 25.9 Å². The molecule has 0 aromatic rings. The minimum atomic E-state index is -3.39. The monoisotopic (exact) mass is 325 g/mol. The molecule has 0 aromatic heterocycles. The zero-order valence-corrected chi connectivity index (χ0v) is 13.3. The van der Waals surface area contributed by atoms with Crippen LogP contribution >= 0.6 is 0 Å². The van der Waals surface area contributed by atoms with Crippen LogP contribution in [-0.2, 0) is 20.0 Å². The van der Waals surface area contributed by atoms with Crippen LogP contribution < -0.4 is 10.0 Å². The van der Waals surface area contributed by atoms with Gasteiger partial charge in [0.1, 0.15) is 0 Å². The molecule has 9 heteroatoms. The van der Waals surface area contributed by atoms with Crippen LogP contribution in [0.15, 0.2) is 0 Å². The summed E-state index contributed by atoms with van der Waals surface area (Å²) in [6.45, 7) is 2.49. The Hall–Kier alpha value is -0.220. The molecule has 7 nitrogen and oxygen atoms in total. The maximum absolute atomic E-state index is 12.3. The third-order valence-corrected chi connectivity index (χ3v) is 7.18. The van der Waals surface area contributed by atoms with Gasteiger partial charge in [-0.15, -0.1) is 0 Å². The average molecular weight is 325 g/mol. The Morgan fingerprint density at radius 3 is 2.55 bits per heavy atom. The summed E-state index contributed by atoms with van der Waals surface area (Å²) in [4.78, 5) is 0. The van der Waals surface area contributed by atoms with Crippen LogP contribution in [0.4, 0.5) is 0 Å². The fraction of sp³-hybridized carbons (Fsp3) is 1.00. The summed E-state index contributed by atoms with van der Waals surface area (Å²) in [6.07, 6.45) is 2.96. The van der Waals surface area contributed by atoms with Gasteiger partial charge in [-0.1, -0.05) is 0 Å². The molecule has 2 unspecified atom stereocenters. The number of sulfonamides is 2. The molecular formula is C11H23N3O4S2. The normalized spacial score (nSPS) is 28.4. The van der Waals surface area contributed by atoms with Gasteiger partial charge in [0.15, 0.2) is 0 Å². The highest BCUT2D eigenvalue weighted by Crippen LogP contribution is 2.22. The lowest BCUT2D eigenvalue weighted by Crippen LogP contribution is -2.42. The van der Waals surface area contributed by atoms with Crippen LogP contribution in [0.3, 0.4) is 0 Å². The van der Waals surface area contributed by atoms with E-state index in [0.29, 0.717) is 19.1 Å². The van der Waals surface area contributed by atoms with Crippen molar-refractivity contribution in [3.05, 3.63) is 0 Å². The Kier molecular flexibility index (Phi) is 5.06. The number of hydrogen-bond acceptors (Lipinski definition) is 5. The standard InChI is InChI=1S/C11H23N3O4S2/c1-2-19(15,16)12-6-8-20(17,18)14-7-5-10-3-4-11(9-14)13-10/h10-13H,2-9H2,1H3. The van der Waals surface area contributed by atoms with Crippen molar-refractivity contribution in [1.29, 1.82) is 0 Å². The number of nitrogens with one attached hydrogen (secondary N) is 2. The van der Waals surface area contributed by atoms with Crippen molar-refractivity contribution in [3.8, 4) is 0 Å². The van der Waals surface area contributed by atoms with Gasteiger partial charge >= 0.3 is 0 Å². The van der Waals surface area contributed by atoms with Crippen molar-refractivity contribution in [1.82, 2.24) is 14.3 Å². The van der Waals surface area contributed by atoms with Gasteiger partial charge in [-0.2, -0.15) is 0 Å². The fourth-order valence-corrected chi connectivity index (χ4v) is 4.88. The zero-order valence-electron chi connectivity index (χ0n) is 11.7. The van der Waals surface area contributed by atoms with E-state index in [9.17, 15) is 16.8 Å². The first-order valence-electron chi connectivity index (χ1n) is 7.03. The molecule has 2 aliphatic heterocycles. The summed E-state index contributed by atoms with van der Waals surface area (Å²) < 4.78 is 50.9. The van der Waals surface area contributed by atoms with Gasteiger partial charge in [0.05, 0.1) is 11.5 Å². The van der Waals surface area contributed by atoms with Crippen LogP contribution in [-0.4, -0.2) is 64.4 Å². The summed E-state index contributed by atoms with van der Waals surface area (Å²) >= 11 is 0. The molecule has 2 saturated heterocycles. The molecule has 2 atom stereocenters. The summed E-state index contributed by atoms with van der Waals surface area (Å²) in [6, 6.07) is 0.670. The van der Waals surface area contributed by atoms with E-state index in [-0.39, 0.29) is 24.1 Å². The van der Waals surface area contributed by atoms with Crippen LogP contribution in [0.2, 0.25) is 0 Å². The minimum Gasteiger partial charge on any atom is -0.310 e. The van der Waals surface area contributed by atoms with Crippen molar-refractivity contribution in [3.63, 3.8) is 0 Å². The molecule has 2 aliphatic rings. The Morgan fingerprint density at radius 2 is 1.85 bits per heavy atom. The molecule has 2 N–H and O–H groups in total. The Balaban J connectivity index is 1.90. The Labute approximate surface area is 121 Å². The van der Waals surface area contributed by atoms with E-state index in [1.54, 1.807) is 0 Å². The van der Waals surface area contributed by atoms with Crippen molar-refractivity contribution in [2.24, 2.45) is 0 Å². The molecule has 0 radical (unpaired) electrons. The summed E-state index contributed by atoms with van der Waals surface area (Å²) in [5, 5.41) is 3.43. The molecule has 0 amide bonds. The SMILES string of the molecule is CCS(=O)(=O)NCCS(=O)(=O)N1CCC2CCC(C1)N2. The molecule has 0 spiro atoms. The highest BCUT2D eigenvalue weighted by Gasteiger charge is 2.33. The van der Waals surface area contributed by atoms with E-state index in [0.717, 1.165) is 19.3 Å². The van der Waals surface area contributed by atoms with E-state index in [4.69, 9.17) is 0 Å². The second-order valence-corrected chi connectivity index (χ2v) is 9.58. The van der Waals surface area contributed by atoms with E-state index >= 15 is 0 Å². The number of rotatable bonds is 6. The quantitative estimate of drug-likeness (QED) is 0.659. The lowest BCUT2D eigenvalue weighted by molar-refractivity contribution is 0.383. The first-order chi connectivity index (χ1) is 9.32. The molecule has 118 valence electrons.